The molecular formula is C23H20N4O. The van der Waals surface area contributed by atoms with Gasteiger partial charge in [0.15, 0.2) is 0 Å². The monoisotopic (exact) mass is 368 g/mol. The van der Waals surface area contributed by atoms with E-state index in [1.165, 1.54) is 11.1 Å². The van der Waals surface area contributed by atoms with E-state index in [-0.39, 0.29) is 5.91 Å². The predicted molar refractivity (Wildman–Crippen MR) is 113 cm³/mol. The molecule has 28 heavy (non-hydrogen) atoms. The number of benzene rings is 2. The number of aromatic nitrogens is 2. The number of fused-ring (bicyclic) bond motifs is 1. The first-order valence-electron chi connectivity index (χ1n) is 9.06. The van der Waals surface area contributed by atoms with Gasteiger partial charge in [-0.2, -0.15) is 0 Å². The molecule has 0 aliphatic rings. The van der Waals surface area contributed by atoms with E-state index in [2.05, 4.69) is 40.5 Å². The van der Waals surface area contributed by atoms with Crippen LogP contribution in [0.1, 0.15) is 21.5 Å². The molecular weight excluding hydrogens is 348 g/mol. The van der Waals surface area contributed by atoms with Gasteiger partial charge >= 0.3 is 0 Å². The second-order valence-corrected chi connectivity index (χ2v) is 6.64. The maximum atomic E-state index is 12.6. The Bertz CT molecular complexity index is 1150. The Morgan fingerprint density at radius 1 is 0.857 bits per heavy atom. The van der Waals surface area contributed by atoms with Crippen LogP contribution in [0.25, 0.3) is 10.9 Å². The lowest BCUT2D eigenvalue weighted by molar-refractivity contribution is 0.102. The quantitative estimate of drug-likeness (QED) is 0.517. The Morgan fingerprint density at radius 2 is 1.64 bits per heavy atom. The first-order valence-corrected chi connectivity index (χ1v) is 9.06. The molecule has 0 atom stereocenters. The zero-order valence-electron chi connectivity index (χ0n) is 15.7. The molecule has 0 unspecified atom stereocenters. The van der Waals surface area contributed by atoms with Crippen LogP contribution in [-0.2, 0) is 0 Å². The predicted octanol–water partition coefficient (Wildman–Crippen LogP) is 5.24. The van der Waals surface area contributed by atoms with E-state index in [1.807, 2.05) is 42.5 Å². The number of anilines is 3. The van der Waals surface area contributed by atoms with Crippen LogP contribution in [0.5, 0.6) is 0 Å². The molecule has 2 heterocycles. The molecule has 4 rings (SSSR count). The minimum atomic E-state index is -0.219. The summed E-state index contributed by atoms with van der Waals surface area (Å²) < 4.78 is 0. The number of nitrogens with zero attached hydrogens (tertiary/aromatic N) is 2. The highest BCUT2D eigenvalue weighted by molar-refractivity contribution is 6.08. The molecule has 1 amide bonds. The van der Waals surface area contributed by atoms with Crippen LogP contribution in [0.2, 0.25) is 0 Å². The van der Waals surface area contributed by atoms with E-state index in [0.717, 1.165) is 16.6 Å². The summed E-state index contributed by atoms with van der Waals surface area (Å²) in [7, 11) is 0. The van der Waals surface area contributed by atoms with Crippen molar-refractivity contribution in [1.82, 2.24) is 9.97 Å². The van der Waals surface area contributed by atoms with Crippen molar-refractivity contribution in [2.45, 2.75) is 13.8 Å². The molecule has 5 nitrogen and oxygen atoms in total. The van der Waals surface area contributed by atoms with Gasteiger partial charge in [0, 0.05) is 23.5 Å². The van der Waals surface area contributed by atoms with E-state index in [1.54, 1.807) is 24.5 Å². The van der Waals surface area contributed by atoms with Gasteiger partial charge in [-0.15, -0.1) is 0 Å². The summed E-state index contributed by atoms with van der Waals surface area (Å²) in [5, 5.41) is 7.20. The van der Waals surface area contributed by atoms with Crippen molar-refractivity contribution in [3.8, 4) is 0 Å². The summed E-state index contributed by atoms with van der Waals surface area (Å²) in [4.78, 5) is 21.4. The highest BCUT2D eigenvalue weighted by Gasteiger charge is 2.10. The number of para-hydroxylation sites is 1. The largest absolute Gasteiger partial charge is 0.340 e. The molecule has 138 valence electrons. The van der Waals surface area contributed by atoms with Crippen LogP contribution in [-0.4, -0.2) is 15.9 Å². The van der Waals surface area contributed by atoms with Crippen molar-refractivity contribution in [2.75, 3.05) is 10.6 Å². The number of carbonyl (C=O) groups is 1. The van der Waals surface area contributed by atoms with Crippen molar-refractivity contribution >= 4 is 34.0 Å². The summed E-state index contributed by atoms with van der Waals surface area (Å²) in [5.41, 5.74) is 5.32. The Hall–Kier alpha value is -3.73. The molecule has 0 fully saturated rings. The summed E-state index contributed by atoms with van der Waals surface area (Å²) in [6.45, 7) is 4.14. The van der Waals surface area contributed by atoms with E-state index in [0.29, 0.717) is 17.1 Å². The van der Waals surface area contributed by atoms with Gasteiger partial charge in [0.1, 0.15) is 5.82 Å². The molecule has 0 radical (unpaired) electrons. The van der Waals surface area contributed by atoms with Gasteiger partial charge in [-0.05, 0) is 55.3 Å². The van der Waals surface area contributed by atoms with Crippen LogP contribution in [0.4, 0.5) is 17.2 Å². The number of amides is 1. The van der Waals surface area contributed by atoms with Crippen molar-refractivity contribution in [3.05, 3.63) is 89.7 Å². The highest BCUT2D eigenvalue weighted by atomic mass is 16.1. The fourth-order valence-corrected chi connectivity index (χ4v) is 3.03. The summed E-state index contributed by atoms with van der Waals surface area (Å²) in [5.74, 6) is 0.473. The molecule has 0 aliphatic heterocycles. The lowest BCUT2D eigenvalue weighted by atomic mass is 10.1. The minimum absolute atomic E-state index is 0.219. The second kappa shape index (κ2) is 7.48. The number of aryl methyl sites for hydroxylation is 1. The lowest BCUT2D eigenvalue weighted by Crippen LogP contribution is -2.13. The number of carbonyl (C=O) groups excluding carboxylic acids is 1. The third-order valence-corrected chi connectivity index (χ3v) is 4.77. The summed E-state index contributed by atoms with van der Waals surface area (Å²) in [6.07, 6.45) is 3.29. The topological polar surface area (TPSA) is 66.9 Å². The zero-order valence-corrected chi connectivity index (χ0v) is 15.7. The SMILES string of the molecule is Cc1cccc(Nc2ccc(C(=O)Nc3cccc4cccnc34)cn2)c1C. The van der Waals surface area contributed by atoms with E-state index in [4.69, 9.17) is 0 Å². The standard InChI is InChI=1S/C23H20N4O/c1-15-6-3-9-19(16(15)2)26-21-12-11-18(14-25-21)23(28)27-20-10-4-7-17-8-5-13-24-22(17)20/h3-14H,1-2H3,(H,25,26)(H,27,28). The van der Waals surface area contributed by atoms with Crippen molar-refractivity contribution < 1.29 is 4.79 Å². The van der Waals surface area contributed by atoms with Crippen LogP contribution in [0.15, 0.2) is 73.1 Å². The second-order valence-electron chi connectivity index (χ2n) is 6.64. The Morgan fingerprint density at radius 3 is 2.46 bits per heavy atom. The Balaban J connectivity index is 1.52. The zero-order chi connectivity index (χ0) is 19.5. The van der Waals surface area contributed by atoms with E-state index in [9.17, 15) is 4.79 Å². The number of hydrogen-bond acceptors (Lipinski definition) is 4. The van der Waals surface area contributed by atoms with Crippen LogP contribution >= 0.6 is 0 Å². The summed E-state index contributed by atoms with van der Waals surface area (Å²) >= 11 is 0. The molecule has 0 spiro atoms. The fraction of sp³-hybridized carbons (Fsp3) is 0.0870. The number of nitrogens with one attached hydrogen (secondary N) is 2. The van der Waals surface area contributed by atoms with Gasteiger partial charge in [-0.1, -0.05) is 30.3 Å². The third kappa shape index (κ3) is 3.55. The fourth-order valence-electron chi connectivity index (χ4n) is 3.03. The molecule has 0 saturated carbocycles. The molecule has 4 aromatic rings. The maximum absolute atomic E-state index is 12.6. The average molecular weight is 368 g/mol. The molecule has 2 aromatic heterocycles. The molecule has 2 N–H and O–H groups in total. The Labute approximate surface area is 163 Å². The number of rotatable bonds is 4. The Kier molecular flexibility index (Phi) is 4.72. The molecule has 0 bridgehead atoms. The third-order valence-electron chi connectivity index (χ3n) is 4.77. The van der Waals surface area contributed by atoms with Crippen LogP contribution in [0, 0.1) is 13.8 Å². The van der Waals surface area contributed by atoms with Crippen molar-refractivity contribution in [1.29, 1.82) is 0 Å². The summed E-state index contributed by atoms with van der Waals surface area (Å²) in [6, 6.07) is 19.2. The lowest BCUT2D eigenvalue weighted by Gasteiger charge is -2.11. The number of hydrogen-bond donors (Lipinski definition) is 2. The smallest absolute Gasteiger partial charge is 0.257 e. The van der Waals surface area contributed by atoms with Crippen LogP contribution in [0.3, 0.4) is 0 Å². The first-order chi connectivity index (χ1) is 13.6. The van der Waals surface area contributed by atoms with Gasteiger partial charge in [0.25, 0.3) is 5.91 Å². The number of pyridine rings is 2. The minimum Gasteiger partial charge on any atom is -0.340 e. The highest BCUT2D eigenvalue weighted by Crippen LogP contribution is 2.23. The molecule has 0 saturated heterocycles. The van der Waals surface area contributed by atoms with Crippen LogP contribution < -0.4 is 10.6 Å². The molecule has 5 heteroatoms. The van der Waals surface area contributed by atoms with Gasteiger partial charge in [-0.25, -0.2) is 4.98 Å². The van der Waals surface area contributed by atoms with Gasteiger partial charge in [-0.3, -0.25) is 9.78 Å². The van der Waals surface area contributed by atoms with E-state index >= 15 is 0 Å². The maximum Gasteiger partial charge on any atom is 0.257 e. The van der Waals surface area contributed by atoms with Gasteiger partial charge in [0.2, 0.25) is 0 Å². The van der Waals surface area contributed by atoms with E-state index < -0.39 is 0 Å². The molecule has 2 aromatic carbocycles. The molecule has 0 aliphatic carbocycles. The first kappa shape index (κ1) is 17.7. The normalized spacial score (nSPS) is 10.6. The average Bonchev–Trinajstić information content (AvgIpc) is 2.72. The van der Waals surface area contributed by atoms with Crippen molar-refractivity contribution in [2.24, 2.45) is 0 Å². The van der Waals surface area contributed by atoms with Gasteiger partial charge in [0.05, 0.1) is 16.8 Å². The van der Waals surface area contributed by atoms with Crippen molar-refractivity contribution in [3.63, 3.8) is 0 Å². The van der Waals surface area contributed by atoms with Gasteiger partial charge < -0.3 is 10.6 Å².